The van der Waals surface area contributed by atoms with E-state index in [-0.39, 0.29) is 5.91 Å². The molecule has 25 heavy (non-hydrogen) atoms. The fourth-order valence-electron chi connectivity index (χ4n) is 3.11. The van der Waals surface area contributed by atoms with Crippen molar-refractivity contribution in [3.05, 3.63) is 35.4 Å². The summed E-state index contributed by atoms with van der Waals surface area (Å²) in [5.41, 5.74) is 2.04. The second-order valence-corrected chi connectivity index (χ2v) is 6.78. The number of hydrogen-bond donors (Lipinski definition) is 1. The van der Waals surface area contributed by atoms with Crippen molar-refractivity contribution >= 4 is 12.0 Å². The third-order valence-electron chi connectivity index (χ3n) is 4.57. The Labute approximate surface area is 151 Å². The Morgan fingerprint density at radius 3 is 2.72 bits per heavy atom. The van der Waals surface area contributed by atoms with Crippen molar-refractivity contribution < 1.29 is 14.3 Å². The molecule has 1 amide bonds. The Kier molecular flexibility index (Phi) is 7.47. The zero-order valence-corrected chi connectivity index (χ0v) is 15.7. The van der Waals surface area contributed by atoms with Gasteiger partial charge < -0.3 is 14.8 Å². The van der Waals surface area contributed by atoms with Gasteiger partial charge in [-0.1, -0.05) is 25.5 Å². The van der Waals surface area contributed by atoms with Gasteiger partial charge in [0.2, 0.25) is 5.91 Å². The summed E-state index contributed by atoms with van der Waals surface area (Å²) in [7, 11) is 1.64. The van der Waals surface area contributed by atoms with Gasteiger partial charge in [0, 0.05) is 37.3 Å². The van der Waals surface area contributed by atoms with E-state index >= 15 is 0 Å². The van der Waals surface area contributed by atoms with Crippen LogP contribution in [0.3, 0.4) is 0 Å². The largest absolute Gasteiger partial charge is 0.496 e. The number of aryl methyl sites for hydroxylation is 1. The number of nitrogens with one attached hydrogen (secondary N) is 1. The molecule has 1 aromatic rings. The van der Waals surface area contributed by atoms with E-state index < -0.39 is 0 Å². The zero-order chi connectivity index (χ0) is 18.2. The van der Waals surface area contributed by atoms with Crippen molar-refractivity contribution in [2.24, 2.45) is 5.92 Å². The SMILES string of the molecule is COc1ccc(C)cc1/C=C/C(=O)NCC(C(C)C)N1CCOCC1. The lowest BCUT2D eigenvalue weighted by Gasteiger charge is -2.36. The van der Waals surface area contributed by atoms with Crippen molar-refractivity contribution in [1.29, 1.82) is 0 Å². The summed E-state index contributed by atoms with van der Waals surface area (Å²) in [6, 6.07) is 6.24. The average Bonchev–Trinajstić information content (AvgIpc) is 2.61. The van der Waals surface area contributed by atoms with Gasteiger partial charge in [-0.05, 0) is 31.1 Å². The van der Waals surface area contributed by atoms with Crippen molar-refractivity contribution in [3.63, 3.8) is 0 Å². The first kappa shape index (κ1) is 19.5. The van der Waals surface area contributed by atoms with E-state index in [1.807, 2.05) is 25.1 Å². The number of carbonyl (C=O) groups is 1. The van der Waals surface area contributed by atoms with Crippen molar-refractivity contribution in [2.45, 2.75) is 26.8 Å². The maximum atomic E-state index is 12.2. The van der Waals surface area contributed by atoms with Crippen LogP contribution in [0, 0.1) is 12.8 Å². The normalized spacial score (nSPS) is 17.0. The van der Waals surface area contributed by atoms with E-state index in [1.165, 1.54) is 0 Å². The predicted molar refractivity (Wildman–Crippen MR) is 101 cm³/mol. The van der Waals surface area contributed by atoms with Gasteiger partial charge in [-0.2, -0.15) is 0 Å². The standard InChI is InChI=1S/C20H30N2O3/c1-15(2)18(22-9-11-25-12-10-22)14-21-20(23)8-6-17-13-16(3)5-7-19(17)24-4/h5-8,13,15,18H,9-12,14H2,1-4H3,(H,21,23)/b8-6+. The molecule has 1 aromatic carbocycles. The molecule has 5 nitrogen and oxygen atoms in total. The number of hydrogen-bond acceptors (Lipinski definition) is 4. The number of rotatable bonds is 7. The van der Waals surface area contributed by atoms with Gasteiger partial charge in [0.1, 0.15) is 5.75 Å². The number of benzene rings is 1. The summed E-state index contributed by atoms with van der Waals surface area (Å²) < 4.78 is 10.8. The van der Waals surface area contributed by atoms with Crippen molar-refractivity contribution in [2.75, 3.05) is 40.0 Å². The van der Waals surface area contributed by atoms with Gasteiger partial charge in [-0.25, -0.2) is 0 Å². The maximum Gasteiger partial charge on any atom is 0.244 e. The highest BCUT2D eigenvalue weighted by Gasteiger charge is 2.23. The van der Waals surface area contributed by atoms with E-state index in [4.69, 9.17) is 9.47 Å². The molecule has 0 radical (unpaired) electrons. The summed E-state index contributed by atoms with van der Waals surface area (Å²) >= 11 is 0. The van der Waals surface area contributed by atoms with Crippen molar-refractivity contribution in [3.8, 4) is 5.75 Å². The number of amides is 1. The number of ether oxygens (including phenoxy) is 2. The number of carbonyl (C=O) groups excluding carboxylic acids is 1. The molecule has 1 N–H and O–H groups in total. The zero-order valence-electron chi connectivity index (χ0n) is 15.7. The second-order valence-electron chi connectivity index (χ2n) is 6.78. The predicted octanol–water partition coefficient (Wildman–Crippen LogP) is 2.49. The summed E-state index contributed by atoms with van der Waals surface area (Å²) in [6.45, 7) is 10.4. The summed E-state index contributed by atoms with van der Waals surface area (Å²) in [6.07, 6.45) is 3.38. The molecule has 0 aliphatic carbocycles. The van der Waals surface area contributed by atoms with Gasteiger partial charge >= 0.3 is 0 Å². The van der Waals surface area contributed by atoms with E-state index in [0.29, 0.717) is 18.5 Å². The molecular weight excluding hydrogens is 316 g/mol. The molecule has 0 bridgehead atoms. The molecule has 1 aliphatic heterocycles. The lowest BCUT2D eigenvalue weighted by Crippen LogP contribution is -2.51. The lowest BCUT2D eigenvalue weighted by molar-refractivity contribution is -0.116. The Hall–Kier alpha value is -1.85. The van der Waals surface area contributed by atoms with Crippen LogP contribution in [0.25, 0.3) is 6.08 Å². The molecule has 1 heterocycles. The highest BCUT2D eigenvalue weighted by Crippen LogP contribution is 2.21. The van der Waals surface area contributed by atoms with Crippen LogP contribution >= 0.6 is 0 Å². The minimum absolute atomic E-state index is 0.0810. The molecular formula is C20H30N2O3. The van der Waals surface area contributed by atoms with Crippen LogP contribution in [0.5, 0.6) is 5.75 Å². The van der Waals surface area contributed by atoms with E-state index in [1.54, 1.807) is 19.3 Å². The molecule has 1 saturated heterocycles. The topological polar surface area (TPSA) is 50.8 Å². The van der Waals surface area contributed by atoms with E-state index in [2.05, 4.69) is 24.1 Å². The van der Waals surface area contributed by atoms with Crippen LogP contribution in [0.4, 0.5) is 0 Å². The van der Waals surface area contributed by atoms with Gasteiger partial charge in [0.15, 0.2) is 0 Å². The summed E-state index contributed by atoms with van der Waals surface area (Å²) in [5.74, 6) is 1.16. The Morgan fingerprint density at radius 2 is 2.08 bits per heavy atom. The lowest BCUT2D eigenvalue weighted by atomic mass is 10.0. The summed E-state index contributed by atoms with van der Waals surface area (Å²) in [4.78, 5) is 14.6. The molecule has 2 rings (SSSR count). The molecule has 0 saturated carbocycles. The van der Waals surface area contributed by atoms with Crippen LogP contribution in [0.15, 0.2) is 24.3 Å². The van der Waals surface area contributed by atoms with Crippen LogP contribution in [0.1, 0.15) is 25.0 Å². The van der Waals surface area contributed by atoms with E-state index in [0.717, 1.165) is 43.2 Å². The fraction of sp³-hybridized carbons (Fsp3) is 0.550. The van der Waals surface area contributed by atoms with Gasteiger partial charge in [0.05, 0.1) is 20.3 Å². The monoisotopic (exact) mass is 346 g/mol. The first-order valence-corrected chi connectivity index (χ1v) is 8.93. The minimum atomic E-state index is -0.0810. The highest BCUT2D eigenvalue weighted by atomic mass is 16.5. The molecule has 0 aromatic heterocycles. The Bertz CT molecular complexity index is 593. The first-order valence-electron chi connectivity index (χ1n) is 8.93. The van der Waals surface area contributed by atoms with Crippen molar-refractivity contribution in [1.82, 2.24) is 10.2 Å². The third kappa shape index (κ3) is 5.87. The molecule has 5 heteroatoms. The number of nitrogens with zero attached hydrogens (tertiary/aromatic N) is 1. The minimum Gasteiger partial charge on any atom is -0.496 e. The Morgan fingerprint density at radius 1 is 1.36 bits per heavy atom. The van der Waals surface area contributed by atoms with Crippen LogP contribution in [-0.2, 0) is 9.53 Å². The molecule has 1 aliphatic rings. The molecule has 0 spiro atoms. The van der Waals surface area contributed by atoms with Crippen LogP contribution in [-0.4, -0.2) is 56.8 Å². The maximum absolute atomic E-state index is 12.2. The highest BCUT2D eigenvalue weighted by molar-refractivity contribution is 5.92. The molecule has 1 unspecified atom stereocenters. The third-order valence-corrected chi connectivity index (χ3v) is 4.57. The van der Waals surface area contributed by atoms with Gasteiger partial charge in [0.25, 0.3) is 0 Å². The van der Waals surface area contributed by atoms with Crippen LogP contribution < -0.4 is 10.1 Å². The Balaban J connectivity index is 1.93. The molecule has 138 valence electrons. The first-order chi connectivity index (χ1) is 12.0. The van der Waals surface area contributed by atoms with Crippen LogP contribution in [0.2, 0.25) is 0 Å². The van der Waals surface area contributed by atoms with Gasteiger partial charge in [-0.15, -0.1) is 0 Å². The quantitative estimate of drug-likeness (QED) is 0.771. The smallest absolute Gasteiger partial charge is 0.244 e. The number of morpholine rings is 1. The molecule has 1 fully saturated rings. The number of methoxy groups -OCH3 is 1. The molecule has 1 atom stereocenters. The van der Waals surface area contributed by atoms with E-state index in [9.17, 15) is 4.79 Å². The average molecular weight is 346 g/mol. The second kappa shape index (κ2) is 9.59. The fourth-order valence-corrected chi connectivity index (χ4v) is 3.11. The van der Waals surface area contributed by atoms with Gasteiger partial charge in [-0.3, -0.25) is 9.69 Å². The summed E-state index contributed by atoms with van der Waals surface area (Å²) in [5, 5.41) is 3.03.